The summed E-state index contributed by atoms with van der Waals surface area (Å²) in [5.41, 5.74) is 6.21. The highest BCUT2D eigenvalue weighted by Crippen LogP contribution is 2.32. The van der Waals surface area contributed by atoms with Crippen molar-refractivity contribution < 1.29 is 0 Å². The minimum atomic E-state index is 0.651. The van der Waals surface area contributed by atoms with Crippen molar-refractivity contribution in [3.05, 3.63) is 0 Å². The van der Waals surface area contributed by atoms with E-state index in [2.05, 4.69) is 16.7 Å². The van der Waals surface area contributed by atoms with Crippen LogP contribution in [0.3, 0.4) is 0 Å². The molecule has 2 aliphatic heterocycles. The van der Waals surface area contributed by atoms with E-state index in [0.717, 1.165) is 37.6 Å². The molecule has 20 heavy (non-hydrogen) atoms. The topological polar surface area (TPSA) is 44.9 Å². The van der Waals surface area contributed by atoms with Crippen LogP contribution < -0.4 is 5.73 Å². The predicted molar refractivity (Wildman–Crippen MR) is 83.8 cm³/mol. The van der Waals surface area contributed by atoms with Crippen LogP contribution in [0.1, 0.15) is 51.9 Å². The van der Waals surface area contributed by atoms with Crippen LogP contribution in [0.15, 0.2) is 4.99 Å². The van der Waals surface area contributed by atoms with Crippen molar-refractivity contribution in [1.29, 1.82) is 0 Å². The molecule has 3 rings (SSSR count). The molecule has 2 heterocycles. The Balaban J connectivity index is 1.52. The van der Waals surface area contributed by atoms with Gasteiger partial charge in [0, 0.05) is 25.2 Å². The summed E-state index contributed by atoms with van der Waals surface area (Å²) in [6, 6.07) is 1.52. The Kier molecular flexibility index (Phi) is 4.49. The summed E-state index contributed by atoms with van der Waals surface area (Å²) in [5, 5.41) is 0. The first-order chi connectivity index (χ1) is 9.74. The SMILES string of the molecule is CC1CCN(C(N)=NCC2CCCCN2C2CC2)CC1. The van der Waals surface area contributed by atoms with Gasteiger partial charge in [-0.15, -0.1) is 0 Å². The van der Waals surface area contributed by atoms with Gasteiger partial charge in [0.2, 0.25) is 0 Å². The van der Waals surface area contributed by atoms with E-state index in [1.165, 1.54) is 51.5 Å². The van der Waals surface area contributed by atoms with Gasteiger partial charge in [0.05, 0.1) is 6.54 Å². The van der Waals surface area contributed by atoms with Crippen LogP contribution in [0.4, 0.5) is 0 Å². The number of nitrogens with zero attached hydrogens (tertiary/aromatic N) is 3. The monoisotopic (exact) mass is 278 g/mol. The molecule has 4 heteroatoms. The van der Waals surface area contributed by atoms with Gasteiger partial charge in [-0.3, -0.25) is 9.89 Å². The Morgan fingerprint density at radius 3 is 2.50 bits per heavy atom. The van der Waals surface area contributed by atoms with E-state index in [-0.39, 0.29) is 0 Å². The van der Waals surface area contributed by atoms with Crippen LogP contribution in [0.2, 0.25) is 0 Å². The van der Waals surface area contributed by atoms with Crippen molar-refractivity contribution >= 4 is 5.96 Å². The molecule has 1 aliphatic carbocycles. The lowest BCUT2D eigenvalue weighted by atomic mass is 9.99. The molecule has 0 aromatic heterocycles. The van der Waals surface area contributed by atoms with Gasteiger partial charge in [-0.25, -0.2) is 0 Å². The van der Waals surface area contributed by atoms with E-state index >= 15 is 0 Å². The summed E-state index contributed by atoms with van der Waals surface area (Å²) >= 11 is 0. The van der Waals surface area contributed by atoms with E-state index in [1.54, 1.807) is 0 Å². The van der Waals surface area contributed by atoms with Crippen LogP contribution in [-0.4, -0.2) is 54.0 Å². The lowest BCUT2D eigenvalue weighted by Gasteiger charge is -2.35. The third-order valence-corrected chi connectivity index (χ3v) is 5.26. The molecule has 3 fully saturated rings. The van der Waals surface area contributed by atoms with E-state index in [9.17, 15) is 0 Å². The minimum absolute atomic E-state index is 0.651. The molecule has 114 valence electrons. The molecule has 1 atom stereocenters. The van der Waals surface area contributed by atoms with E-state index in [1.807, 2.05) is 0 Å². The van der Waals surface area contributed by atoms with Gasteiger partial charge in [0.15, 0.2) is 5.96 Å². The zero-order valence-electron chi connectivity index (χ0n) is 12.9. The molecule has 0 bridgehead atoms. The highest BCUT2D eigenvalue weighted by Gasteiger charge is 2.35. The summed E-state index contributed by atoms with van der Waals surface area (Å²) < 4.78 is 0. The zero-order chi connectivity index (χ0) is 13.9. The third kappa shape index (κ3) is 3.46. The summed E-state index contributed by atoms with van der Waals surface area (Å²) in [6.07, 6.45) is 9.37. The molecule has 0 amide bonds. The zero-order valence-corrected chi connectivity index (χ0v) is 12.9. The summed E-state index contributed by atoms with van der Waals surface area (Å²) in [6.45, 7) is 6.71. The Labute approximate surface area is 123 Å². The molecule has 1 unspecified atom stereocenters. The van der Waals surface area contributed by atoms with Crippen LogP contribution >= 0.6 is 0 Å². The summed E-state index contributed by atoms with van der Waals surface area (Å²) in [5.74, 6) is 1.64. The Morgan fingerprint density at radius 2 is 1.80 bits per heavy atom. The van der Waals surface area contributed by atoms with Crippen molar-refractivity contribution in [2.45, 2.75) is 64.0 Å². The van der Waals surface area contributed by atoms with Crippen LogP contribution in [0.25, 0.3) is 0 Å². The maximum absolute atomic E-state index is 6.21. The van der Waals surface area contributed by atoms with Gasteiger partial charge in [-0.2, -0.15) is 0 Å². The highest BCUT2D eigenvalue weighted by atomic mass is 15.3. The molecule has 0 aromatic carbocycles. The van der Waals surface area contributed by atoms with Gasteiger partial charge in [0.25, 0.3) is 0 Å². The second-order valence-corrected chi connectivity index (χ2v) is 6.99. The maximum atomic E-state index is 6.21. The Hall–Kier alpha value is -0.770. The fourth-order valence-electron chi connectivity index (χ4n) is 3.64. The van der Waals surface area contributed by atoms with Gasteiger partial charge in [0.1, 0.15) is 0 Å². The number of guanidine groups is 1. The van der Waals surface area contributed by atoms with Crippen molar-refractivity contribution in [1.82, 2.24) is 9.80 Å². The number of aliphatic imine (C=N–C) groups is 1. The average molecular weight is 278 g/mol. The quantitative estimate of drug-likeness (QED) is 0.635. The first kappa shape index (κ1) is 14.2. The van der Waals surface area contributed by atoms with Crippen molar-refractivity contribution in [2.75, 3.05) is 26.2 Å². The summed E-state index contributed by atoms with van der Waals surface area (Å²) in [4.78, 5) is 9.72. The molecule has 2 saturated heterocycles. The number of nitrogens with two attached hydrogens (primary N) is 1. The fraction of sp³-hybridized carbons (Fsp3) is 0.938. The van der Waals surface area contributed by atoms with E-state index < -0.39 is 0 Å². The van der Waals surface area contributed by atoms with Crippen molar-refractivity contribution in [2.24, 2.45) is 16.6 Å². The van der Waals surface area contributed by atoms with Gasteiger partial charge < -0.3 is 10.6 Å². The second-order valence-electron chi connectivity index (χ2n) is 6.99. The second kappa shape index (κ2) is 6.33. The van der Waals surface area contributed by atoms with E-state index in [0.29, 0.717) is 6.04 Å². The maximum Gasteiger partial charge on any atom is 0.191 e. The first-order valence-electron chi connectivity index (χ1n) is 8.54. The standard InChI is InChI=1S/C16H30N4/c1-13-7-10-19(11-8-13)16(17)18-12-15-4-2-3-9-20(15)14-5-6-14/h13-15H,2-12H2,1H3,(H2,17,18). The number of hydrogen-bond donors (Lipinski definition) is 1. The molecule has 2 N–H and O–H groups in total. The van der Waals surface area contributed by atoms with Crippen LogP contribution in [0.5, 0.6) is 0 Å². The van der Waals surface area contributed by atoms with E-state index in [4.69, 9.17) is 10.7 Å². The highest BCUT2D eigenvalue weighted by molar-refractivity contribution is 5.78. The average Bonchev–Trinajstić information content (AvgIpc) is 3.30. The molecular formula is C16H30N4. The van der Waals surface area contributed by atoms with Gasteiger partial charge in [-0.05, 0) is 51.0 Å². The fourth-order valence-corrected chi connectivity index (χ4v) is 3.64. The molecule has 1 saturated carbocycles. The predicted octanol–water partition coefficient (Wildman–Crippen LogP) is 2.05. The Morgan fingerprint density at radius 1 is 1.05 bits per heavy atom. The normalized spacial score (nSPS) is 30.8. The molecule has 4 nitrogen and oxygen atoms in total. The first-order valence-corrected chi connectivity index (χ1v) is 8.54. The van der Waals surface area contributed by atoms with Crippen molar-refractivity contribution in [3.8, 4) is 0 Å². The van der Waals surface area contributed by atoms with Gasteiger partial charge in [-0.1, -0.05) is 13.3 Å². The third-order valence-electron chi connectivity index (χ3n) is 5.26. The minimum Gasteiger partial charge on any atom is -0.370 e. The molecule has 0 spiro atoms. The molecule has 0 radical (unpaired) electrons. The lowest BCUT2D eigenvalue weighted by molar-refractivity contribution is 0.144. The molecule has 0 aromatic rings. The van der Waals surface area contributed by atoms with Crippen LogP contribution in [0, 0.1) is 5.92 Å². The smallest absolute Gasteiger partial charge is 0.191 e. The van der Waals surface area contributed by atoms with Gasteiger partial charge >= 0.3 is 0 Å². The number of hydrogen-bond acceptors (Lipinski definition) is 2. The van der Waals surface area contributed by atoms with Crippen LogP contribution in [-0.2, 0) is 0 Å². The number of likely N-dealkylation sites (tertiary alicyclic amines) is 2. The molecule has 3 aliphatic rings. The number of rotatable bonds is 3. The molecular weight excluding hydrogens is 248 g/mol. The summed E-state index contributed by atoms with van der Waals surface area (Å²) in [7, 11) is 0. The lowest BCUT2D eigenvalue weighted by Crippen LogP contribution is -2.45. The number of piperidine rings is 2. The van der Waals surface area contributed by atoms with Crippen molar-refractivity contribution in [3.63, 3.8) is 0 Å². The largest absolute Gasteiger partial charge is 0.370 e. The Bertz CT molecular complexity index is 342.